The maximum atomic E-state index is 3.52. The quantitative estimate of drug-likeness (QED) is 0.763. The van der Waals surface area contributed by atoms with Crippen LogP contribution in [0.25, 0.3) is 0 Å². The van der Waals surface area contributed by atoms with Crippen molar-refractivity contribution in [1.29, 1.82) is 0 Å². The molecular formula is C19H32N2. The van der Waals surface area contributed by atoms with Crippen molar-refractivity contribution in [2.75, 3.05) is 19.6 Å². The maximum absolute atomic E-state index is 3.52. The molecule has 2 rings (SSSR count). The molecule has 1 aliphatic rings. The van der Waals surface area contributed by atoms with E-state index >= 15 is 0 Å². The van der Waals surface area contributed by atoms with Crippen molar-refractivity contribution in [3.63, 3.8) is 0 Å². The second-order valence-corrected chi connectivity index (χ2v) is 6.44. The van der Waals surface area contributed by atoms with Crippen LogP contribution in [0.1, 0.15) is 57.1 Å². The fourth-order valence-corrected chi connectivity index (χ4v) is 3.27. The standard InChI is InChI=1S/C19H32N2/c1-3-13-20-14-12-18-10-6-7-11-19(18)16-21-15-8-4-5-9-17(21)2/h6-7,10-11,17,20H,3-5,8-9,12-16H2,1-2H3. The van der Waals surface area contributed by atoms with E-state index in [1.54, 1.807) is 0 Å². The molecule has 1 aliphatic heterocycles. The van der Waals surface area contributed by atoms with Gasteiger partial charge in [0.2, 0.25) is 0 Å². The van der Waals surface area contributed by atoms with Crippen LogP contribution in [0, 0.1) is 0 Å². The van der Waals surface area contributed by atoms with Gasteiger partial charge in [-0.15, -0.1) is 0 Å². The van der Waals surface area contributed by atoms with Gasteiger partial charge in [0, 0.05) is 12.6 Å². The minimum atomic E-state index is 0.735. The van der Waals surface area contributed by atoms with E-state index in [1.807, 2.05) is 0 Å². The SMILES string of the molecule is CCCNCCc1ccccc1CN1CCCCCC1C. The second kappa shape index (κ2) is 9.22. The summed E-state index contributed by atoms with van der Waals surface area (Å²) in [4.78, 5) is 2.69. The molecule has 0 bridgehead atoms. The molecule has 1 saturated heterocycles. The first kappa shape index (κ1) is 16.5. The van der Waals surface area contributed by atoms with Crippen LogP contribution in [0.4, 0.5) is 0 Å². The Morgan fingerprint density at radius 1 is 1.10 bits per heavy atom. The van der Waals surface area contributed by atoms with Crippen molar-refractivity contribution in [3.8, 4) is 0 Å². The first-order valence-electron chi connectivity index (χ1n) is 8.82. The monoisotopic (exact) mass is 288 g/mol. The minimum Gasteiger partial charge on any atom is -0.316 e. The van der Waals surface area contributed by atoms with E-state index in [0.29, 0.717) is 0 Å². The Kier molecular flexibility index (Phi) is 7.25. The molecule has 1 aromatic carbocycles. The van der Waals surface area contributed by atoms with Gasteiger partial charge in [0.05, 0.1) is 0 Å². The zero-order valence-electron chi connectivity index (χ0n) is 13.9. The first-order valence-corrected chi connectivity index (χ1v) is 8.82. The van der Waals surface area contributed by atoms with Crippen molar-refractivity contribution in [2.45, 2.75) is 65.0 Å². The van der Waals surface area contributed by atoms with Crippen molar-refractivity contribution in [1.82, 2.24) is 10.2 Å². The van der Waals surface area contributed by atoms with E-state index in [1.165, 1.54) is 49.8 Å². The molecule has 1 fully saturated rings. The maximum Gasteiger partial charge on any atom is 0.0239 e. The highest BCUT2D eigenvalue weighted by Crippen LogP contribution is 2.20. The first-order chi connectivity index (χ1) is 10.3. The lowest BCUT2D eigenvalue weighted by atomic mass is 10.0. The van der Waals surface area contributed by atoms with E-state index in [4.69, 9.17) is 0 Å². The average Bonchev–Trinajstić information content (AvgIpc) is 2.70. The Hall–Kier alpha value is -0.860. The number of hydrogen-bond donors (Lipinski definition) is 1. The zero-order chi connectivity index (χ0) is 14.9. The van der Waals surface area contributed by atoms with E-state index in [-0.39, 0.29) is 0 Å². The van der Waals surface area contributed by atoms with Crippen molar-refractivity contribution in [2.24, 2.45) is 0 Å². The number of rotatable bonds is 7. The van der Waals surface area contributed by atoms with E-state index < -0.39 is 0 Å². The van der Waals surface area contributed by atoms with Gasteiger partial charge in [0.25, 0.3) is 0 Å². The van der Waals surface area contributed by atoms with Crippen molar-refractivity contribution in [3.05, 3.63) is 35.4 Å². The largest absolute Gasteiger partial charge is 0.316 e. The molecule has 2 nitrogen and oxygen atoms in total. The number of likely N-dealkylation sites (tertiary alicyclic amines) is 1. The lowest BCUT2D eigenvalue weighted by Crippen LogP contribution is -2.32. The predicted molar refractivity (Wildman–Crippen MR) is 91.6 cm³/mol. The zero-order valence-corrected chi connectivity index (χ0v) is 13.9. The van der Waals surface area contributed by atoms with E-state index in [0.717, 1.165) is 32.1 Å². The van der Waals surface area contributed by atoms with Gasteiger partial charge in [0.15, 0.2) is 0 Å². The van der Waals surface area contributed by atoms with Crippen molar-refractivity contribution >= 4 is 0 Å². The van der Waals surface area contributed by atoms with Crippen LogP contribution in [0.5, 0.6) is 0 Å². The molecule has 1 aromatic rings. The lowest BCUT2D eigenvalue weighted by molar-refractivity contribution is 0.204. The van der Waals surface area contributed by atoms with Gasteiger partial charge in [-0.1, -0.05) is 44.0 Å². The topological polar surface area (TPSA) is 15.3 Å². The normalized spacial score (nSPS) is 20.4. The minimum absolute atomic E-state index is 0.735. The smallest absolute Gasteiger partial charge is 0.0239 e. The number of hydrogen-bond acceptors (Lipinski definition) is 2. The van der Waals surface area contributed by atoms with Crippen LogP contribution >= 0.6 is 0 Å². The third-order valence-corrected chi connectivity index (χ3v) is 4.68. The summed E-state index contributed by atoms with van der Waals surface area (Å²) in [5.74, 6) is 0. The van der Waals surface area contributed by atoms with Crippen LogP contribution in [-0.2, 0) is 13.0 Å². The molecule has 118 valence electrons. The summed E-state index contributed by atoms with van der Waals surface area (Å²) >= 11 is 0. The fraction of sp³-hybridized carbons (Fsp3) is 0.684. The molecule has 0 amide bonds. The summed E-state index contributed by atoms with van der Waals surface area (Å²) in [6.07, 6.45) is 7.90. The molecule has 2 heteroatoms. The molecule has 0 spiro atoms. The summed E-state index contributed by atoms with van der Waals surface area (Å²) in [7, 11) is 0. The Balaban J connectivity index is 1.94. The van der Waals surface area contributed by atoms with Gasteiger partial charge in [-0.2, -0.15) is 0 Å². The third kappa shape index (κ3) is 5.44. The Labute approximate surface area is 130 Å². The number of benzene rings is 1. The molecule has 1 heterocycles. The summed E-state index contributed by atoms with van der Waals surface area (Å²) in [6, 6.07) is 9.75. The summed E-state index contributed by atoms with van der Waals surface area (Å²) in [5, 5.41) is 3.52. The molecule has 1 atom stereocenters. The van der Waals surface area contributed by atoms with Crippen LogP contribution < -0.4 is 5.32 Å². The van der Waals surface area contributed by atoms with E-state index in [9.17, 15) is 0 Å². The lowest BCUT2D eigenvalue weighted by Gasteiger charge is -2.28. The summed E-state index contributed by atoms with van der Waals surface area (Å²) in [5.41, 5.74) is 3.06. The Bertz CT molecular complexity index is 402. The number of nitrogens with one attached hydrogen (secondary N) is 1. The molecule has 0 radical (unpaired) electrons. The van der Waals surface area contributed by atoms with Crippen molar-refractivity contribution < 1.29 is 0 Å². The van der Waals surface area contributed by atoms with Gasteiger partial charge in [-0.25, -0.2) is 0 Å². The number of nitrogens with zero attached hydrogens (tertiary/aromatic N) is 1. The molecule has 0 aromatic heterocycles. The summed E-state index contributed by atoms with van der Waals surface area (Å²) in [6.45, 7) is 9.25. The Morgan fingerprint density at radius 3 is 2.71 bits per heavy atom. The molecule has 0 aliphatic carbocycles. The van der Waals surface area contributed by atoms with Crippen LogP contribution in [0.2, 0.25) is 0 Å². The molecular weight excluding hydrogens is 256 g/mol. The second-order valence-electron chi connectivity index (χ2n) is 6.44. The van der Waals surface area contributed by atoms with Crippen LogP contribution in [0.15, 0.2) is 24.3 Å². The van der Waals surface area contributed by atoms with Crippen LogP contribution in [0.3, 0.4) is 0 Å². The van der Waals surface area contributed by atoms with Gasteiger partial charge < -0.3 is 5.32 Å². The van der Waals surface area contributed by atoms with Gasteiger partial charge >= 0.3 is 0 Å². The third-order valence-electron chi connectivity index (χ3n) is 4.68. The van der Waals surface area contributed by atoms with Gasteiger partial charge in [-0.3, -0.25) is 4.90 Å². The highest BCUT2D eigenvalue weighted by molar-refractivity contribution is 5.27. The van der Waals surface area contributed by atoms with Gasteiger partial charge in [-0.05, 0) is 63.4 Å². The van der Waals surface area contributed by atoms with Crippen LogP contribution in [-0.4, -0.2) is 30.6 Å². The highest BCUT2D eigenvalue weighted by Gasteiger charge is 2.17. The van der Waals surface area contributed by atoms with E-state index in [2.05, 4.69) is 48.3 Å². The predicted octanol–water partition coefficient (Wildman–Crippen LogP) is 3.99. The average molecular weight is 288 g/mol. The fourth-order valence-electron chi connectivity index (χ4n) is 3.27. The molecule has 21 heavy (non-hydrogen) atoms. The summed E-state index contributed by atoms with van der Waals surface area (Å²) < 4.78 is 0. The Morgan fingerprint density at radius 2 is 1.90 bits per heavy atom. The molecule has 1 N–H and O–H groups in total. The molecule has 0 saturated carbocycles. The molecule has 1 unspecified atom stereocenters. The van der Waals surface area contributed by atoms with Gasteiger partial charge in [0.1, 0.15) is 0 Å². The highest BCUT2D eigenvalue weighted by atomic mass is 15.1.